The molecule has 3 aliphatic carbocycles. The molecule has 133 heavy (non-hydrogen) atoms. The third kappa shape index (κ3) is 14.1. The number of ether oxygens (including phenoxy) is 3. The van der Waals surface area contributed by atoms with E-state index in [-0.39, 0.29) is 97.4 Å². The number of halogens is 9. The van der Waals surface area contributed by atoms with Gasteiger partial charge in [0.1, 0.15) is 40.6 Å². The van der Waals surface area contributed by atoms with Gasteiger partial charge in [-0.2, -0.15) is 15.5 Å². The van der Waals surface area contributed by atoms with Gasteiger partial charge in [0.15, 0.2) is 0 Å². The first-order valence-electron chi connectivity index (χ1n) is 43.5. The first-order valence-corrected chi connectivity index (χ1v) is 45.7. The van der Waals surface area contributed by atoms with E-state index in [2.05, 4.69) is 31.1 Å². The van der Waals surface area contributed by atoms with Gasteiger partial charge in [0.05, 0.1) is 100 Å². The summed E-state index contributed by atoms with van der Waals surface area (Å²) in [6, 6.07) is 41.0. The maximum atomic E-state index is 16.2. The van der Waals surface area contributed by atoms with Crippen LogP contribution in [0.25, 0.3) is 21.8 Å². The van der Waals surface area contributed by atoms with Crippen molar-refractivity contribution in [1.29, 1.82) is 5.26 Å². The largest absolute Gasteiger partial charge is 0.632 e. The second-order valence-electron chi connectivity index (χ2n) is 36.3. The molecule has 6 N–H and O–H groups in total. The molecule has 23 nitrogen and oxygen atoms in total. The topological polar surface area (TPSA) is 293 Å². The van der Waals surface area contributed by atoms with Crippen molar-refractivity contribution in [3.8, 4) is 6.07 Å². The van der Waals surface area contributed by atoms with Crippen LogP contribution in [-0.4, -0.2) is 135 Å². The highest BCUT2D eigenvalue weighted by Gasteiger charge is 2.78. The maximum Gasteiger partial charge on any atom is 0.338 e. The van der Waals surface area contributed by atoms with E-state index in [0.29, 0.717) is 138 Å². The fourth-order valence-corrected chi connectivity index (χ4v) is 24.8. The number of hydrogen-bond acceptors (Lipinski definition) is 17. The van der Waals surface area contributed by atoms with Crippen molar-refractivity contribution < 1.29 is 60.8 Å². The van der Waals surface area contributed by atoms with Crippen LogP contribution in [-0.2, 0) is 58.1 Å². The quantitative estimate of drug-likeness (QED) is 0.0236. The Hall–Kier alpha value is -10.6. The third-order valence-corrected chi connectivity index (χ3v) is 31.3. The van der Waals surface area contributed by atoms with Crippen LogP contribution < -0.4 is 27.0 Å². The Morgan fingerprint density at radius 1 is 0.526 bits per heavy atom. The summed E-state index contributed by atoms with van der Waals surface area (Å²) in [6.07, 6.45) is 7.80. The molecule has 2 unspecified atom stereocenters. The van der Waals surface area contributed by atoms with Crippen molar-refractivity contribution in [3.63, 3.8) is 0 Å². The molecule has 11 aromatic rings. The smallest absolute Gasteiger partial charge is 0.338 e. The van der Waals surface area contributed by atoms with Crippen LogP contribution in [0.3, 0.4) is 0 Å². The second kappa shape index (κ2) is 34.9. The summed E-state index contributed by atoms with van der Waals surface area (Å²) >= 11 is 38.2. The standard InChI is InChI=1S/C32H27Cl2FN4O4.C32H27Cl2FN4O3.C32H31Cl2FN4O3.C2H3N.3CH4/c1-15-18(30(40)43-2)9-10-19-24-13-25-29(38(24)37-28(15)19)26(20-4-3-5-22(34)27(20)35)32(39(25,42)14-16-6-7-16)21-11-8-17(33)12-23(21)36-31(32)41;1-15-18(30(40)42-2)9-10-19-24-13-25-29(39(24)37-28(15)19)26(20-4-3-5-22(34)27(20)35)32(38(25)14-16-6-7-16)21-11-8-17(33)12-23(21)36-31(32)41;1-15-18(30(40)42-2)9-10-19(28(15)36)23-13-25-29(37-23)26(20-4-3-5-22(34)27(20)35)32(39(25)14-16-6-7-16)21-11-8-17(33)12-24(21)38-31(32)41;1-2-3;;;/h3-5,8-12,16,25-26,29H,6-7,13-14H2,1-2H3,(H,36,41);3-5,8-12,16,25-26,29H,6-7,13-14H2,1-2H3,(H,36,41);3-5,8-12,16,23,25-26,29,37H,6-7,13-14,36H2,1-2H3,(H,38,41);1H3;3*1H4/t25-,26-,29+,32+,39?;25-,26-,29+,32+;23?,25-,26-,29+,32+;;;;/m000..../s1. The van der Waals surface area contributed by atoms with E-state index in [1.54, 1.807) is 103 Å². The van der Waals surface area contributed by atoms with Gasteiger partial charge in [-0.25, -0.2) is 27.6 Å². The number of nitrogens with one attached hydrogen (secondary N) is 4. The molecular weight excluding hydrogens is 1820 g/mol. The molecule has 12 aliphatic rings. The second-order valence-corrected chi connectivity index (χ2v) is 38.8. The number of carbonyl (C=O) groups excluding carboxylic acids is 6. The molecule has 23 rings (SSSR count). The Morgan fingerprint density at radius 3 is 1.41 bits per heavy atom. The average molecular weight is 1930 g/mol. The number of hydroxylamine groups is 3. The van der Waals surface area contributed by atoms with Crippen molar-refractivity contribution in [3.05, 3.63) is 282 Å². The normalized spacial score (nSPS) is 26.5. The third-order valence-electron chi connectivity index (χ3n) is 29.7. The van der Waals surface area contributed by atoms with Crippen molar-refractivity contribution >= 4 is 150 Å². The Bertz CT molecular complexity index is 6760. The van der Waals surface area contributed by atoms with Gasteiger partial charge in [0.2, 0.25) is 17.4 Å². The molecule has 14 atom stereocenters. The number of nitrogens with two attached hydrogens (primary N) is 1. The minimum absolute atomic E-state index is 0. The van der Waals surface area contributed by atoms with E-state index in [0.717, 1.165) is 82.9 Å². The highest BCUT2D eigenvalue weighted by atomic mass is 35.5. The van der Waals surface area contributed by atoms with E-state index < -0.39 is 92.4 Å². The summed E-state index contributed by atoms with van der Waals surface area (Å²) in [6.45, 7) is 8.56. The number of aromatic nitrogens is 4. The number of anilines is 4. The summed E-state index contributed by atoms with van der Waals surface area (Å²) in [7, 11) is 4.03. The molecule has 11 heterocycles. The number of nitriles is 1. The monoisotopic (exact) mass is 1920 g/mol. The van der Waals surface area contributed by atoms with Crippen LogP contribution in [0.1, 0.15) is 208 Å². The van der Waals surface area contributed by atoms with Gasteiger partial charge in [0, 0.05) is 146 Å². The average Bonchev–Trinajstić information content (AvgIpc) is 1.48. The molecule has 3 spiro atoms. The Balaban J connectivity index is 0.000000135. The number of benzene rings is 9. The molecular formula is C101H100Cl6F3N13O10. The number of nitrogens with zero attached hydrogens (tertiary/aromatic N) is 8. The van der Waals surface area contributed by atoms with Crippen molar-refractivity contribution in [1.82, 2.24) is 34.7 Å². The lowest BCUT2D eigenvalue weighted by atomic mass is 9.73. The summed E-state index contributed by atoms with van der Waals surface area (Å²) in [5.74, 6) is -4.98. The first-order chi connectivity index (χ1) is 62.4. The Morgan fingerprint density at radius 2 is 0.932 bits per heavy atom. The van der Waals surface area contributed by atoms with Crippen LogP contribution in [0.15, 0.2) is 146 Å². The fourth-order valence-electron chi connectivity index (χ4n) is 23.8. The number of fused-ring (bicyclic) bond motifs is 17. The van der Waals surface area contributed by atoms with Gasteiger partial charge in [-0.05, 0) is 190 Å². The zero-order valence-corrected chi connectivity index (χ0v) is 76.0. The number of methoxy groups -OCH3 is 3. The molecule has 0 bridgehead atoms. The number of amides is 3. The van der Waals surface area contributed by atoms with Crippen molar-refractivity contribution in [2.75, 3.05) is 62.6 Å². The van der Waals surface area contributed by atoms with E-state index in [1.165, 1.54) is 46.5 Å². The van der Waals surface area contributed by atoms with E-state index in [1.807, 2.05) is 60.5 Å². The van der Waals surface area contributed by atoms with Crippen LogP contribution in [0.4, 0.5) is 35.9 Å². The van der Waals surface area contributed by atoms with Gasteiger partial charge < -0.3 is 51.1 Å². The number of aryl methyl sites for hydroxylation is 2. The van der Waals surface area contributed by atoms with Crippen LogP contribution in [0.5, 0.6) is 0 Å². The highest BCUT2D eigenvalue weighted by Crippen LogP contribution is 2.70. The number of hydrogen-bond donors (Lipinski definition) is 5. The number of likely N-dealkylation sites (tertiary alicyclic amines) is 3. The molecule has 0 radical (unpaired) electrons. The zero-order chi connectivity index (χ0) is 91.3. The van der Waals surface area contributed by atoms with Gasteiger partial charge in [0.25, 0.3) is 5.91 Å². The van der Waals surface area contributed by atoms with Crippen LogP contribution >= 0.6 is 69.6 Å². The summed E-state index contributed by atoms with van der Waals surface area (Å²) < 4.78 is 66.2. The Kier molecular flexibility index (Phi) is 24.7. The summed E-state index contributed by atoms with van der Waals surface area (Å²) in [4.78, 5) is 85.1. The molecule has 2 aromatic heterocycles. The summed E-state index contributed by atoms with van der Waals surface area (Å²) in [5.41, 5.74) is 15.2. The predicted octanol–water partition coefficient (Wildman–Crippen LogP) is 21.2. The Labute approximate surface area is 798 Å². The van der Waals surface area contributed by atoms with Gasteiger partial charge in [-0.15, -0.1) is 0 Å². The lowest BCUT2D eigenvalue weighted by Gasteiger charge is -2.54. The number of rotatable bonds is 13. The minimum atomic E-state index is -1.70. The van der Waals surface area contributed by atoms with E-state index >= 15 is 18.4 Å². The van der Waals surface area contributed by atoms with Gasteiger partial charge >= 0.3 is 17.9 Å². The lowest BCUT2D eigenvalue weighted by Crippen LogP contribution is -2.64. The zero-order valence-electron chi connectivity index (χ0n) is 71.5. The molecule has 9 aromatic carbocycles. The van der Waals surface area contributed by atoms with Crippen molar-refractivity contribution in [2.45, 2.75) is 184 Å². The lowest BCUT2D eigenvalue weighted by molar-refractivity contribution is -0.940. The van der Waals surface area contributed by atoms with Crippen LogP contribution in [0, 0.1) is 72.5 Å². The molecule has 4 saturated heterocycles. The summed E-state index contributed by atoms with van der Waals surface area (Å²) in [5, 5.41) is 49.4. The van der Waals surface area contributed by atoms with E-state index in [4.69, 9.17) is 105 Å². The first kappa shape index (κ1) is 94.1. The molecule has 3 saturated carbocycles. The molecule has 9 aliphatic heterocycles. The molecule has 3 amide bonds. The fraction of sp³-hybridized carbons (Fsp3) is 0.376. The number of esters is 3. The maximum absolute atomic E-state index is 16.2. The SMILES string of the molecule is C.C.C.CC#N.COC(=O)c1ccc(C2C[C@H]3[C@@H](N2)[C@H](c2cccc(Cl)c2F)[C@]2(C(=O)Nc4cc(Cl)ccc42)N3CC2CC2)c(N)c1C.COC(=O)c1ccc2c3n(nc2c1C)[C@@H]1[C@H](C3)N(CC2CC2)[C@@]2(C(=O)Nc3cc(Cl)ccc32)[C@H]1c1cccc(Cl)c1F.COC(=O)c1ccc2c3n(nc2c1C)[C@H]1[C@H](c2cccc(Cl)c2F)[C@]2(C(=O)Nc4cc(Cl)ccc42)[N+]([O-])(CC2CC2)[C@H]1C3. The van der Waals surface area contributed by atoms with Crippen LogP contribution in [0.2, 0.25) is 30.1 Å². The number of nitrogen functional groups attached to an aromatic ring is 1. The highest BCUT2D eigenvalue weighted by molar-refractivity contribution is 6.33. The van der Waals surface area contributed by atoms with E-state index in [9.17, 15) is 28.8 Å². The number of carbonyl (C=O) groups is 6. The molecule has 32 heteroatoms. The van der Waals surface area contributed by atoms with Gasteiger partial charge in [-0.3, -0.25) is 33.5 Å². The van der Waals surface area contributed by atoms with Gasteiger partial charge in [-0.1, -0.05) is 159 Å². The minimum Gasteiger partial charge on any atom is -0.632 e. The number of quaternary nitrogens is 1. The van der Waals surface area contributed by atoms with Crippen molar-refractivity contribution in [2.24, 2.45) is 17.8 Å². The molecule has 692 valence electrons. The predicted molar refractivity (Wildman–Crippen MR) is 509 cm³/mol. The molecule has 7 fully saturated rings.